The van der Waals surface area contributed by atoms with E-state index in [2.05, 4.69) is 28.5 Å². The minimum absolute atomic E-state index is 0.0957. The molecule has 3 nitrogen and oxygen atoms in total. The highest BCUT2D eigenvalue weighted by Gasteiger charge is 2.37. The van der Waals surface area contributed by atoms with Gasteiger partial charge in [0.25, 0.3) is 0 Å². The van der Waals surface area contributed by atoms with Crippen LogP contribution >= 0.6 is 0 Å². The van der Waals surface area contributed by atoms with Gasteiger partial charge in [0.1, 0.15) is 5.60 Å². The van der Waals surface area contributed by atoms with Crippen LogP contribution in [0, 0.1) is 0 Å². The zero-order chi connectivity index (χ0) is 13.3. The molecule has 19 heavy (non-hydrogen) atoms. The van der Waals surface area contributed by atoms with Gasteiger partial charge in [0.2, 0.25) is 0 Å². The largest absolute Gasteiger partial charge is 0.383 e. The quantitative estimate of drug-likeness (QED) is 0.863. The highest BCUT2D eigenvalue weighted by molar-refractivity contribution is 5.36. The fourth-order valence-corrected chi connectivity index (χ4v) is 2.83. The van der Waals surface area contributed by atoms with Crippen LogP contribution in [0.25, 0.3) is 0 Å². The van der Waals surface area contributed by atoms with E-state index < -0.39 is 5.60 Å². The zero-order valence-electron chi connectivity index (χ0n) is 11.0. The van der Waals surface area contributed by atoms with Crippen LogP contribution in [0.3, 0.4) is 0 Å². The summed E-state index contributed by atoms with van der Waals surface area (Å²) in [5.74, 6) is 0. The van der Waals surface area contributed by atoms with Gasteiger partial charge >= 0.3 is 0 Å². The van der Waals surface area contributed by atoms with Gasteiger partial charge in [-0.05, 0) is 37.1 Å². The summed E-state index contributed by atoms with van der Waals surface area (Å²) < 4.78 is 0. The second-order valence-corrected chi connectivity index (χ2v) is 5.23. The van der Waals surface area contributed by atoms with Gasteiger partial charge in [-0.3, -0.25) is 4.98 Å². The first-order valence-corrected chi connectivity index (χ1v) is 6.63. The Labute approximate surface area is 113 Å². The van der Waals surface area contributed by atoms with Crippen molar-refractivity contribution in [3.8, 4) is 0 Å². The number of pyridine rings is 1. The van der Waals surface area contributed by atoms with E-state index in [0.717, 1.165) is 18.5 Å². The number of nitrogens with zero attached hydrogens (tertiary/aromatic N) is 1. The van der Waals surface area contributed by atoms with Crippen molar-refractivity contribution >= 4 is 0 Å². The van der Waals surface area contributed by atoms with Gasteiger partial charge in [0, 0.05) is 18.0 Å². The molecule has 2 heterocycles. The lowest BCUT2D eigenvalue weighted by Crippen LogP contribution is -2.43. The summed E-state index contributed by atoms with van der Waals surface area (Å²) in [5, 5.41) is 14.4. The zero-order valence-corrected chi connectivity index (χ0v) is 11.0. The summed E-state index contributed by atoms with van der Waals surface area (Å²) in [5.41, 5.74) is 2.37. The maximum Gasteiger partial charge on any atom is 0.108 e. The van der Waals surface area contributed by atoms with Crippen molar-refractivity contribution in [3.63, 3.8) is 0 Å². The average Bonchev–Trinajstić information content (AvgIpc) is 2.47. The summed E-state index contributed by atoms with van der Waals surface area (Å²) in [4.78, 5) is 4.11. The molecule has 98 valence electrons. The van der Waals surface area contributed by atoms with Crippen molar-refractivity contribution in [1.29, 1.82) is 0 Å². The lowest BCUT2D eigenvalue weighted by atomic mass is 9.80. The van der Waals surface area contributed by atoms with E-state index in [9.17, 15) is 5.11 Å². The summed E-state index contributed by atoms with van der Waals surface area (Å²) in [6, 6.07) is 12.0. The minimum atomic E-state index is -0.967. The van der Waals surface area contributed by atoms with Gasteiger partial charge in [-0.15, -0.1) is 0 Å². The van der Waals surface area contributed by atoms with E-state index in [0.29, 0.717) is 0 Å². The monoisotopic (exact) mass is 254 g/mol. The van der Waals surface area contributed by atoms with Crippen LogP contribution in [-0.4, -0.2) is 16.6 Å². The van der Waals surface area contributed by atoms with Crippen molar-refractivity contribution in [2.45, 2.75) is 25.0 Å². The topological polar surface area (TPSA) is 45.2 Å². The van der Waals surface area contributed by atoms with Crippen molar-refractivity contribution < 1.29 is 5.11 Å². The second kappa shape index (κ2) is 4.76. The van der Waals surface area contributed by atoms with Gasteiger partial charge in [-0.2, -0.15) is 0 Å². The highest BCUT2D eigenvalue weighted by Crippen LogP contribution is 2.37. The normalized spacial score (nSPS) is 21.5. The van der Waals surface area contributed by atoms with E-state index in [1.165, 1.54) is 11.1 Å². The second-order valence-electron chi connectivity index (χ2n) is 5.23. The van der Waals surface area contributed by atoms with Crippen LogP contribution in [0.2, 0.25) is 0 Å². The molecule has 0 aliphatic carbocycles. The number of benzene rings is 1. The van der Waals surface area contributed by atoms with Crippen molar-refractivity contribution in [3.05, 3.63) is 65.5 Å². The first kappa shape index (κ1) is 12.3. The van der Waals surface area contributed by atoms with E-state index in [1.54, 1.807) is 12.4 Å². The first-order chi connectivity index (χ1) is 9.19. The number of fused-ring (bicyclic) bond motifs is 1. The van der Waals surface area contributed by atoms with E-state index in [4.69, 9.17) is 0 Å². The first-order valence-electron chi connectivity index (χ1n) is 6.63. The SMILES string of the molecule is CC(O)(c1cccnc1)C1NCCc2ccccc21. The molecule has 1 aromatic carbocycles. The van der Waals surface area contributed by atoms with Crippen LogP contribution < -0.4 is 5.32 Å². The number of hydrogen-bond acceptors (Lipinski definition) is 3. The highest BCUT2D eigenvalue weighted by atomic mass is 16.3. The third-order valence-corrected chi connectivity index (χ3v) is 3.92. The van der Waals surface area contributed by atoms with Crippen molar-refractivity contribution in [1.82, 2.24) is 10.3 Å². The predicted octanol–water partition coefficient (Wildman–Crippen LogP) is 2.18. The molecule has 3 rings (SSSR count). The van der Waals surface area contributed by atoms with Gasteiger partial charge in [0.15, 0.2) is 0 Å². The molecule has 2 atom stereocenters. The third-order valence-electron chi connectivity index (χ3n) is 3.92. The molecule has 3 heteroatoms. The Morgan fingerprint density at radius 2 is 2.11 bits per heavy atom. The van der Waals surface area contributed by atoms with Crippen molar-refractivity contribution in [2.75, 3.05) is 6.54 Å². The van der Waals surface area contributed by atoms with E-state index >= 15 is 0 Å². The molecule has 0 saturated heterocycles. The van der Waals surface area contributed by atoms with Crippen LogP contribution in [0.1, 0.15) is 29.7 Å². The summed E-state index contributed by atoms with van der Waals surface area (Å²) in [6.07, 6.45) is 4.47. The fourth-order valence-electron chi connectivity index (χ4n) is 2.83. The predicted molar refractivity (Wildman–Crippen MR) is 74.7 cm³/mol. The van der Waals surface area contributed by atoms with Crippen molar-refractivity contribution in [2.24, 2.45) is 0 Å². The molecule has 2 unspecified atom stereocenters. The molecule has 1 aromatic heterocycles. The molecule has 0 fully saturated rings. The Morgan fingerprint density at radius 3 is 2.89 bits per heavy atom. The number of aliphatic hydroxyl groups is 1. The molecule has 2 N–H and O–H groups in total. The van der Waals surface area contributed by atoms with E-state index in [1.807, 2.05) is 25.1 Å². The van der Waals surface area contributed by atoms with Gasteiger partial charge < -0.3 is 10.4 Å². The fraction of sp³-hybridized carbons (Fsp3) is 0.312. The third kappa shape index (κ3) is 2.15. The summed E-state index contributed by atoms with van der Waals surface area (Å²) in [7, 11) is 0. The molecule has 0 amide bonds. The molecule has 0 bridgehead atoms. The molecule has 0 radical (unpaired) electrons. The van der Waals surface area contributed by atoms with Gasteiger partial charge in [-0.1, -0.05) is 30.3 Å². The number of rotatable bonds is 2. The molecule has 1 aliphatic heterocycles. The number of hydrogen-bond donors (Lipinski definition) is 2. The molecule has 1 aliphatic rings. The summed E-state index contributed by atoms with van der Waals surface area (Å²) in [6.45, 7) is 2.74. The smallest absolute Gasteiger partial charge is 0.108 e. The molecular formula is C16H18N2O. The molecule has 0 saturated carbocycles. The summed E-state index contributed by atoms with van der Waals surface area (Å²) >= 11 is 0. The van der Waals surface area contributed by atoms with E-state index in [-0.39, 0.29) is 6.04 Å². The number of nitrogens with one attached hydrogen (secondary N) is 1. The standard InChI is InChI=1S/C16H18N2O/c1-16(19,13-6-4-9-17-11-13)15-14-7-3-2-5-12(14)8-10-18-15/h2-7,9,11,15,18-19H,8,10H2,1H3. The molecule has 2 aromatic rings. The Kier molecular flexibility index (Phi) is 3.09. The number of aromatic nitrogens is 1. The Hall–Kier alpha value is -1.71. The average molecular weight is 254 g/mol. The maximum atomic E-state index is 11.0. The minimum Gasteiger partial charge on any atom is -0.383 e. The van der Waals surface area contributed by atoms with Gasteiger partial charge in [-0.25, -0.2) is 0 Å². The molecular weight excluding hydrogens is 236 g/mol. The Morgan fingerprint density at radius 1 is 1.26 bits per heavy atom. The van der Waals surface area contributed by atoms with Crippen LogP contribution in [0.5, 0.6) is 0 Å². The lowest BCUT2D eigenvalue weighted by Gasteiger charge is -2.38. The lowest BCUT2D eigenvalue weighted by molar-refractivity contribution is 0.0115. The maximum absolute atomic E-state index is 11.0. The Bertz CT molecular complexity index is 566. The van der Waals surface area contributed by atoms with Crippen LogP contribution in [-0.2, 0) is 12.0 Å². The Balaban J connectivity index is 2.03. The van der Waals surface area contributed by atoms with Gasteiger partial charge in [0.05, 0.1) is 6.04 Å². The van der Waals surface area contributed by atoms with Crippen LogP contribution in [0.15, 0.2) is 48.8 Å². The molecule has 0 spiro atoms. The van der Waals surface area contributed by atoms with Crippen LogP contribution in [0.4, 0.5) is 0 Å².